The molecule has 5 aromatic carbocycles. The van der Waals surface area contributed by atoms with Crippen LogP contribution >= 0.6 is 0 Å². The second kappa shape index (κ2) is 25.0. The average molecular weight is 822 g/mol. The summed E-state index contributed by atoms with van der Waals surface area (Å²) in [6, 6.07) is 50.8. The van der Waals surface area contributed by atoms with Gasteiger partial charge in [-0.15, -0.1) is 12.1 Å². The molecule has 2 heterocycles. The predicted molar refractivity (Wildman–Crippen MR) is 236 cm³/mol. The Labute approximate surface area is 370 Å². The number of benzene rings is 5. The van der Waals surface area contributed by atoms with Gasteiger partial charge in [-0.05, 0) is 88.4 Å². The molecule has 0 atom stereocenters. The van der Waals surface area contributed by atoms with E-state index in [1.807, 2.05) is 103 Å². The van der Waals surface area contributed by atoms with E-state index >= 15 is 0 Å². The first-order valence-corrected chi connectivity index (χ1v) is 18.7. The number of anilines is 4. The van der Waals surface area contributed by atoms with E-state index in [0.717, 1.165) is 75.3 Å². The molecule has 6 N–H and O–H groups in total. The molecule has 0 radical (unpaired) electrons. The van der Waals surface area contributed by atoms with E-state index in [2.05, 4.69) is 139 Å². The van der Waals surface area contributed by atoms with Gasteiger partial charge in [0.05, 0.1) is 11.4 Å². The normalized spacial score (nSPS) is 16.0. The minimum absolute atomic E-state index is 0. The molecule has 5 aromatic rings. The zero-order valence-corrected chi connectivity index (χ0v) is 36.5. The molecule has 0 fully saturated rings. The van der Waals surface area contributed by atoms with E-state index in [1.54, 1.807) is 0 Å². The first-order chi connectivity index (χ1) is 26.8. The maximum Gasteiger partial charge on any atom is 0.0572 e. The summed E-state index contributed by atoms with van der Waals surface area (Å²) in [7, 11) is 0. The van der Waals surface area contributed by atoms with Crippen molar-refractivity contribution in [3.8, 4) is 0 Å². The van der Waals surface area contributed by atoms with Crippen molar-refractivity contribution in [1.29, 1.82) is 0 Å². The third kappa shape index (κ3) is 16.0. The second-order valence-electron chi connectivity index (χ2n) is 13.2. The van der Waals surface area contributed by atoms with Crippen LogP contribution in [0.3, 0.4) is 0 Å². The third-order valence-electron chi connectivity index (χ3n) is 8.76. The van der Waals surface area contributed by atoms with Gasteiger partial charge in [0.15, 0.2) is 0 Å². The molecule has 0 saturated heterocycles. The van der Waals surface area contributed by atoms with E-state index in [-0.39, 0.29) is 43.4 Å². The molecule has 57 heavy (non-hydrogen) atoms. The van der Waals surface area contributed by atoms with Crippen LogP contribution in [0.5, 0.6) is 0 Å². The van der Waals surface area contributed by atoms with Gasteiger partial charge in [-0.1, -0.05) is 91.0 Å². The van der Waals surface area contributed by atoms with E-state index in [1.165, 1.54) is 11.4 Å². The van der Waals surface area contributed by atoms with E-state index < -0.39 is 0 Å². The summed E-state index contributed by atoms with van der Waals surface area (Å²) < 4.78 is 0. The molecule has 0 spiro atoms. The predicted octanol–water partition coefficient (Wildman–Crippen LogP) is 12.3. The first-order valence-electron chi connectivity index (χ1n) is 18.7. The molecule has 0 amide bonds. The van der Waals surface area contributed by atoms with Crippen molar-refractivity contribution in [3.05, 3.63) is 234 Å². The molecule has 7 rings (SSSR count). The zero-order chi connectivity index (χ0) is 38.7. The van der Waals surface area contributed by atoms with Crippen LogP contribution < -0.4 is 31.9 Å². The number of hydrogen-bond acceptors (Lipinski definition) is 6. The zero-order valence-electron chi connectivity index (χ0n) is 33.4. The Bertz CT molecular complexity index is 1990. The Morgan fingerprint density at radius 1 is 0.404 bits per heavy atom. The largest absolute Gasteiger partial charge is 0.358 e. The first kappa shape index (κ1) is 46.0. The molecule has 2 aliphatic rings. The van der Waals surface area contributed by atoms with Crippen LogP contribution in [0.2, 0.25) is 0 Å². The Morgan fingerprint density at radius 3 is 0.930 bits per heavy atom. The summed E-state index contributed by atoms with van der Waals surface area (Å²) >= 11 is 0. The summed E-state index contributed by atoms with van der Waals surface area (Å²) in [6.07, 6.45) is 10.4. The maximum atomic E-state index is 3.72. The number of para-hydroxylation sites is 4. The summed E-state index contributed by atoms with van der Waals surface area (Å²) in [5.41, 5.74) is 14.5. The van der Waals surface area contributed by atoms with Crippen molar-refractivity contribution >= 4 is 22.7 Å². The summed E-state index contributed by atoms with van der Waals surface area (Å²) in [4.78, 5) is 0. The molecule has 0 aliphatic carbocycles. The molecule has 8 heteroatoms. The Kier molecular flexibility index (Phi) is 20.2. The van der Waals surface area contributed by atoms with Gasteiger partial charge in [-0.3, -0.25) is 0 Å². The van der Waals surface area contributed by atoms with Crippen molar-refractivity contribution in [2.45, 2.75) is 40.5 Å². The minimum Gasteiger partial charge on any atom is -0.358 e. The molecular formula is C49H53N6Ti2-. The number of rotatable bonds is 8. The van der Waals surface area contributed by atoms with Gasteiger partial charge in [-0.25, -0.2) is 0 Å². The van der Waals surface area contributed by atoms with Crippen LogP contribution in [0.4, 0.5) is 22.7 Å². The van der Waals surface area contributed by atoms with Gasteiger partial charge in [0.1, 0.15) is 0 Å². The summed E-state index contributed by atoms with van der Waals surface area (Å²) in [6.45, 7) is 12.1. The second-order valence-corrected chi connectivity index (χ2v) is 13.2. The molecule has 6 nitrogen and oxygen atoms in total. The van der Waals surface area contributed by atoms with Crippen LogP contribution in [-0.2, 0) is 43.4 Å². The molecule has 2 aliphatic heterocycles. The Balaban J connectivity index is 0.000000253. The van der Waals surface area contributed by atoms with Crippen molar-refractivity contribution < 1.29 is 43.4 Å². The van der Waals surface area contributed by atoms with Crippen LogP contribution in [0.25, 0.3) is 0 Å². The fourth-order valence-corrected chi connectivity index (χ4v) is 5.75. The monoisotopic (exact) mass is 821 g/mol. The number of hydrogen-bond donors (Lipinski definition) is 6. The Morgan fingerprint density at radius 2 is 0.667 bits per heavy atom. The van der Waals surface area contributed by atoms with Crippen molar-refractivity contribution in [3.63, 3.8) is 0 Å². The van der Waals surface area contributed by atoms with Gasteiger partial charge < -0.3 is 31.9 Å². The van der Waals surface area contributed by atoms with Crippen LogP contribution in [0.15, 0.2) is 222 Å². The topological polar surface area (TPSA) is 72.2 Å². The van der Waals surface area contributed by atoms with E-state index in [0.29, 0.717) is 0 Å². The van der Waals surface area contributed by atoms with Crippen LogP contribution in [0, 0.1) is 6.92 Å². The summed E-state index contributed by atoms with van der Waals surface area (Å²) in [5.74, 6) is 0. The quantitative estimate of drug-likeness (QED) is 0.0692. The SMILES string of the molecule is CC(Nc1ccccc1)=C1C=CCC(=C(C)Nc2ccccc2)N1.CC(Nc1ccccc1)=C1C=CCC(=C(C)Nc2ccccc2)N1.[CH2-]c1ccccc1.[Ti].[Ti]. The van der Waals surface area contributed by atoms with Gasteiger partial charge >= 0.3 is 0 Å². The number of nitrogens with one attached hydrogen (secondary N) is 6. The van der Waals surface area contributed by atoms with Gasteiger partial charge in [-0.2, -0.15) is 24.6 Å². The molecule has 0 aromatic heterocycles. The number of allylic oxidation sites excluding steroid dienone is 8. The molecule has 0 unspecified atom stereocenters. The standard InChI is InChI=1S/2C21H23N3.C7H7.2Ti/c2*1-16(22-18-10-5-3-6-11-18)20-14-9-15-21(24-20)17(2)23-19-12-7-4-8-13-19;1-7-5-3-2-4-6-7;;/h2*3-14,22-24H,15H2,1-2H3;2-6H,1H2;;/q;;-1;;. The molecule has 288 valence electrons. The van der Waals surface area contributed by atoms with Crippen molar-refractivity contribution in [1.82, 2.24) is 10.6 Å². The maximum absolute atomic E-state index is 3.72. The molecule has 0 saturated carbocycles. The van der Waals surface area contributed by atoms with Crippen molar-refractivity contribution in [2.75, 3.05) is 21.3 Å². The van der Waals surface area contributed by atoms with Crippen molar-refractivity contribution in [2.24, 2.45) is 0 Å². The Hall–Kier alpha value is -5.36. The van der Waals surface area contributed by atoms with Crippen LogP contribution in [0.1, 0.15) is 46.1 Å². The molecule has 0 bridgehead atoms. The van der Waals surface area contributed by atoms with Crippen LogP contribution in [-0.4, -0.2) is 0 Å². The fourth-order valence-electron chi connectivity index (χ4n) is 5.75. The van der Waals surface area contributed by atoms with E-state index in [9.17, 15) is 0 Å². The minimum atomic E-state index is 0. The van der Waals surface area contributed by atoms with Gasteiger partial charge in [0.2, 0.25) is 0 Å². The average Bonchev–Trinajstić information content (AvgIpc) is 3.23. The van der Waals surface area contributed by atoms with Gasteiger partial charge in [0, 0.05) is 113 Å². The fraction of sp³-hybridized carbons (Fsp3) is 0.122. The van der Waals surface area contributed by atoms with E-state index in [4.69, 9.17) is 0 Å². The summed E-state index contributed by atoms with van der Waals surface area (Å²) in [5, 5.41) is 20.9. The molecular weight excluding hydrogens is 768 g/mol. The third-order valence-corrected chi connectivity index (χ3v) is 8.76. The smallest absolute Gasteiger partial charge is 0.0572 e. The van der Waals surface area contributed by atoms with Gasteiger partial charge in [0.25, 0.3) is 0 Å².